The average molecular weight is 337 g/mol. The third-order valence-electron chi connectivity index (χ3n) is 5.12. The zero-order chi connectivity index (χ0) is 17.1. The minimum atomic E-state index is -3.33. The van der Waals surface area contributed by atoms with Crippen LogP contribution < -0.4 is 5.32 Å². The van der Waals surface area contributed by atoms with Gasteiger partial charge in [-0.2, -0.15) is 0 Å². The molecule has 128 valence electrons. The number of sulfone groups is 1. The molecule has 1 aliphatic rings. The lowest BCUT2D eigenvalue weighted by Crippen LogP contribution is -2.47. The fourth-order valence-electron chi connectivity index (χ4n) is 3.13. The van der Waals surface area contributed by atoms with Crippen molar-refractivity contribution in [2.75, 3.05) is 5.75 Å². The first-order valence-corrected chi connectivity index (χ1v) is 10.0. The SMILES string of the molecule is C[C@H](NC(=O)CS(=O)(=O)C1CCCC1)C(C)(C)c1ccccc1. The molecule has 0 bridgehead atoms. The zero-order valence-corrected chi connectivity index (χ0v) is 15.0. The summed E-state index contributed by atoms with van der Waals surface area (Å²) in [7, 11) is -3.33. The monoisotopic (exact) mass is 337 g/mol. The summed E-state index contributed by atoms with van der Waals surface area (Å²) < 4.78 is 24.6. The molecular weight excluding hydrogens is 310 g/mol. The highest BCUT2D eigenvalue weighted by Crippen LogP contribution is 2.27. The summed E-state index contributed by atoms with van der Waals surface area (Å²) in [4.78, 5) is 12.2. The maximum atomic E-state index is 12.3. The van der Waals surface area contributed by atoms with Crippen molar-refractivity contribution in [2.45, 2.75) is 63.2 Å². The topological polar surface area (TPSA) is 63.2 Å². The van der Waals surface area contributed by atoms with Crippen molar-refractivity contribution >= 4 is 15.7 Å². The molecule has 1 amide bonds. The van der Waals surface area contributed by atoms with Gasteiger partial charge in [-0.05, 0) is 25.3 Å². The highest BCUT2D eigenvalue weighted by Gasteiger charge is 2.33. The standard InChI is InChI=1S/C18H27NO3S/c1-14(18(2,3)15-9-5-4-6-10-15)19-17(20)13-23(21,22)16-11-7-8-12-16/h4-6,9-10,14,16H,7-8,11-13H2,1-3H3,(H,19,20)/t14-/m0/s1. The van der Waals surface area contributed by atoms with Gasteiger partial charge >= 0.3 is 0 Å². The van der Waals surface area contributed by atoms with Crippen molar-refractivity contribution in [2.24, 2.45) is 0 Å². The molecule has 0 aliphatic heterocycles. The summed E-state index contributed by atoms with van der Waals surface area (Å²) in [5.41, 5.74) is 0.847. The van der Waals surface area contributed by atoms with E-state index >= 15 is 0 Å². The van der Waals surface area contributed by atoms with Crippen LogP contribution in [0.1, 0.15) is 52.0 Å². The second-order valence-electron chi connectivity index (χ2n) is 7.09. The lowest BCUT2D eigenvalue weighted by Gasteiger charge is -2.33. The number of carbonyl (C=O) groups excluding carboxylic acids is 1. The van der Waals surface area contributed by atoms with Crippen molar-refractivity contribution in [1.29, 1.82) is 0 Å². The van der Waals surface area contributed by atoms with Gasteiger partial charge in [0.25, 0.3) is 0 Å². The van der Waals surface area contributed by atoms with E-state index in [4.69, 9.17) is 0 Å². The van der Waals surface area contributed by atoms with Gasteiger partial charge in [0.15, 0.2) is 9.84 Å². The maximum Gasteiger partial charge on any atom is 0.235 e. The molecular formula is C18H27NO3S. The van der Waals surface area contributed by atoms with E-state index in [1.165, 1.54) is 0 Å². The molecule has 0 aromatic heterocycles. The van der Waals surface area contributed by atoms with Gasteiger partial charge in [0.1, 0.15) is 5.75 Å². The Hall–Kier alpha value is -1.36. The number of nitrogens with one attached hydrogen (secondary N) is 1. The van der Waals surface area contributed by atoms with Gasteiger partial charge in [-0.3, -0.25) is 4.79 Å². The molecule has 1 aromatic rings. The van der Waals surface area contributed by atoms with Gasteiger partial charge < -0.3 is 5.32 Å². The van der Waals surface area contributed by atoms with E-state index in [0.717, 1.165) is 18.4 Å². The first-order chi connectivity index (χ1) is 10.7. The quantitative estimate of drug-likeness (QED) is 0.868. The summed E-state index contributed by atoms with van der Waals surface area (Å²) in [5, 5.41) is 2.55. The van der Waals surface area contributed by atoms with Crippen LogP contribution in [0.5, 0.6) is 0 Å². The van der Waals surface area contributed by atoms with Crippen LogP contribution in [0.15, 0.2) is 30.3 Å². The molecule has 1 aliphatic carbocycles. The van der Waals surface area contributed by atoms with Crippen LogP contribution in [0.3, 0.4) is 0 Å². The molecule has 0 spiro atoms. The van der Waals surface area contributed by atoms with E-state index in [1.54, 1.807) is 0 Å². The predicted molar refractivity (Wildman–Crippen MR) is 93.1 cm³/mol. The van der Waals surface area contributed by atoms with E-state index in [-0.39, 0.29) is 16.7 Å². The molecule has 0 unspecified atom stereocenters. The largest absolute Gasteiger partial charge is 0.352 e. The Labute approximate surface area is 139 Å². The minimum Gasteiger partial charge on any atom is -0.352 e. The van der Waals surface area contributed by atoms with E-state index in [1.807, 2.05) is 37.3 Å². The number of benzene rings is 1. The summed E-state index contributed by atoms with van der Waals surface area (Å²) in [6.07, 6.45) is 3.28. The van der Waals surface area contributed by atoms with Gasteiger partial charge in [0.2, 0.25) is 5.91 Å². The zero-order valence-electron chi connectivity index (χ0n) is 14.2. The lowest BCUT2D eigenvalue weighted by molar-refractivity contribution is -0.119. The number of amides is 1. The second-order valence-corrected chi connectivity index (χ2v) is 9.37. The van der Waals surface area contributed by atoms with Crippen molar-refractivity contribution in [3.05, 3.63) is 35.9 Å². The number of carbonyl (C=O) groups is 1. The molecule has 23 heavy (non-hydrogen) atoms. The van der Waals surface area contributed by atoms with E-state index in [9.17, 15) is 13.2 Å². The lowest BCUT2D eigenvalue weighted by atomic mass is 9.78. The Morgan fingerprint density at radius 1 is 1.22 bits per heavy atom. The summed E-state index contributed by atoms with van der Waals surface area (Å²) in [5.74, 6) is -0.791. The Morgan fingerprint density at radius 2 is 1.78 bits per heavy atom. The van der Waals surface area contributed by atoms with Crippen LogP contribution in [-0.4, -0.2) is 31.4 Å². The van der Waals surface area contributed by atoms with Crippen molar-refractivity contribution < 1.29 is 13.2 Å². The van der Waals surface area contributed by atoms with Gasteiger partial charge in [-0.15, -0.1) is 0 Å². The highest BCUT2D eigenvalue weighted by molar-refractivity contribution is 7.92. The summed E-state index contributed by atoms with van der Waals surface area (Å²) >= 11 is 0. The maximum absolute atomic E-state index is 12.3. The Morgan fingerprint density at radius 3 is 2.35 bits per heavy atom. The predicted octanol–water partition coefficient (Wildman–Crippen LogP) is 2.83. The molecule has 0 radical (unpaired) electrons. The van der Waals surface area contributed by atoms with Crippen molar-refractivity contribution in [3.63, 3.8) is 0 Å². The first kappa shape index (κ1) is 18.0. The summed E-state index contributed by atoms with van der Waals surface area (Å²) in [6, 6.07) is 9.79. The van der Waals surface area contributed by atoms with E-state index in [0.29, 0.717) is 12.8 Å². The van der Waals surface area contributed by atoms with Crippen LogP contribution in [0, 0.1) is 0 Å². The fraction of sp³-hybridized carbons (Fsp3) is 0.611. The first-order valence-electron chi connectivity index (χ1n) is 8.30. The average Bonchev–Trinajstić information content (AvgIpc) is 3.02. The van der Waals surface area contributed by atoms with Gasteiger partial charge in [0.05, 0.1) is 5.25 Å². The smallest absolute Gasteiger partial charge is 0.235 e. The van der Waals surface area contributed by atoms with Crippen molar-refractivity contribution in [3.8, 4) is 0 Å². The number of hydrogen-bond acceptors (Lipinski definition) is 3. The van der Waals surface area contributed by atoms with Gasteiger partial charge in [-0.25, -0.2) is 8.42 Å². The van der Waals surface area contributed by atoms with Crippen LogP contribution in [0.4, 0.5) is 0 Å². The Balaban J connectivity index is 1.99. The molecule has 1 N–H and O–H groups in total. The molecule has 0 saturated heterocycles. The third-order valence-corrected chi connectivity index (χ3v) is 7.27. The molecule has 2 rings (SSSR count). The fourth-order valence-corrected chi connectivity index (χ4v) is 4.87. The highest BCUT2D eigenvalue weighted by atomic mass is 32.2. The van der Waals surface area contributed by atoms with Crippen molar-refractivity contribution in [1.82, 2.24) is 5.32 Å². The van der Waals surface area contributed by atoms with Crippen LogP contribution >= 0.6 is 0 Å². The van der Waals surface area contributed by atoms with Gasteiger partial charge in [-0.1, -0.05) is 57.0 Å². The van der Waals surface area contributed by atoms with Crippen LogP contribution in [0.25, 0.3) is 0 Å². The molecule has 1 saturated carbocycles. The van der Waals surface area contributed by atoms with E-state index in [2.05, 4.69) is 19.2 Å². The molecule has 4 nitrogen and oxygen atoms in total. The summed E-state index contributed by atoms with van der Waals surface area (Å²) in [6.45, 7) is 6.03. The molecule has 5 heteroatoms. The Bertz CT molecular complexity index is 631. The van der Waals surface area contributed by atoms with Gasteiger partial charge in [0, 0.05) is 11.5 Å². The normalized spacial score (nSPS) is 17.9. The number of hydrogen-bond donors (Lipinski definition) is 1. The third kappa shape index (κ3) is 4.34. The Kier molecular flexibility index (Phi) is 5.50. The molecule has 0 heterocycles. The molecule has 1 atom stereocenters. The second kappa shape index (κ2) is 7.04. The minimum absolute atomic E-state index is 0.156. The number of rotatable bonds is 6. The molecule has 1 aromatic carbocycles. The molecule has 1 fully saturated rings. The van der Waals surface area contributed by atoms with E-state index < -0.39 is 21.5 Å². The van der Waals surface area contributed by atoms with Crippen LogP contribution in [-0.2, 0) is 20.0 Å². The van der Waals surface area contributed by atoms with Crippen LogP contribution in [0.2, 0.25) is 0 Å².